The molecule has 2 aromatic heterocycles. The number of aromatic nitrogens is 3. The Labute approximate surface area is 130 Å². The van der Waals surface area contributed by atoms with Gasteiger partial charge in [-0.25, -0.2) is 4.98 Å². The van der Waals surface area contributed by atoms with Crippen molar-refractivity contribution in [3.8, 4) is 0 Å². The van der Waals surface area contributed by atoms with Crippen molar-refractivity contribution in [3.05, 3.63) is 39.1 Å². The van der Waals surface area contributed by atoms with E-state index >= 15 is 0 Å². The van der Waals surface area contributed by atoms with Crippen molar-refractivity contribution in [2.75, 3.05) is 5.32 Å². The molecule has 0 aliphatic heterocycles. The van der Waals surface area contributed by atoms with Crippen molar-refractivity contribution in [1.29, 1.82) is 0 Å². The van der Waals surface area contributed by atoms with E-state index < -0.39 is 4.92 Å². The van der Waals surface area contributed by atoms with Gasteiger partial charge < -0.3 is 5.32 Å². The van der Waals surface area contributed by atoms with E-state index in [1.165, 1.54) is 12.3 Å². The SMILES string of the molecule is CC(C)CCn1ccc(Nc2ncc([N+](=O)[O-])cc2Br)n1. The summed E-state index contributed by atoms with van der Waals surface area (Å²) in [6.45, 7) is 5.19. The molecule has 0 saturated carbocycles. The summed E-state index contributed by atoms with van der Waals surface area (Å²) in [4.78, 5) is 14.2. The molecule has 0 aromatic carbocycles. The van der Waals surface area contributed by atoms with Gasteiger partial charge in [0.15, 0.2) is 5.82 Å². The van der Waals surface area contributed by atoms with Crippen LogP contribution in [0.3, 0.4) is 0 Å². The fraction of sp³-hybridized carbons (Fsp3) is 0.385. The van der Waals surface area contributed by atoms with Crippen LogP contribution >= 0.6 is 15.9 Å². The van der Waals surface area contributed by atoms with E-state index in [9.17, 15) is 10.1 Å². The molecule has 21 heavy (non-hydrogen) atoms. The van der Waals surface area contributed by atoms with Gasteiger partial charge in [0.25, 0.3) is 5.69 Å². The van der Waals surface area contributed by atoms with Crippen LogP contribution < -0.4 is 5.32 Å². The van der Waals surface area contributed by atoms with Gasteiger partial charge in [0, 0.05) is 24.9 Å². The van der Waals surface area contributed by atoms with Crippen LogP contribution in [0.15, 0.2) is 29.0 Å². The molecule has 1 N–H and O–H groups in total. The Hall–Kier alpha value is -1.96. The lowest BCUT2D eigenvalue weighted by Gasteiger charge is -2.05. The summed E-state index contributed by atoms with van der Waals surface area (Å²) in [6, 6.07) is 3.25. The molecule has 0 aliphatic carbocycles. The van der Waals surface area contributed by atoms with E-state index in [2.05, 4.69) is 45.2 Å². The van der Waals surface area contributed by atoms with Gasteiger partial charge in [0.05, 0.1) is 9.40 Å². The maximum absolute atomic E-state index is 10.7. The predicted octanol–water partition coefficient (Wildman–Crippen LogP) is 3.74. The monoisotopic (exact) mass is 353 g/mol. The molecule has 0 fully saturated rings. The quantitative estimate of drug-likeness (QED) is 0.631. The first-order chi connectivity index (χ1) is 9.95. The smallest absolute Gasteiger partial charge is 0.288 e. The van der Waals surface area contributed by atoms with Crippen LogP contribution in [0, 0.1) is 16.0 Å². The summed E-state index contributed by atoms with van der Waals surface area (Å²) >= 11 is 3.27. The zero-order valence-corrected chi connectivity index (χ0v) is 13.4. The van der Waals surface area contributed by atoms with Crippen molar-refractivity contribution < 1.29 is 4.92 Å². The average Bonchev–Trinajstić information content (AvgIpc) is 2.86. The van der Waals surface area contributed by atoms with Crippen molar-refractivity contribution in [3.63, 3.8) is 0 Å². The summed E-state index contributed by atoms with van der Waals surface area (Å²) in [6.07, 6.45) is 4.16. The van der Waals surface area contributed by atoms with Gasteiger partial charge in [0.1, 0.15) is 12.0 Å². The minimum Gasteiger partial charge on any atom is -0.323 e. The van der Waals surface area contributed by atoms with Gasteiger partial charge in [-0.05, 0) is 28.3 Å². The Morgan fingerprint density at radius 3 is 2.90 bits per heavy atom. The van der Waals surface area contributed by atoms with Gasteiger partial charge in [-0.1, -0.05) is 13.8 Å². The summed E-state index contributed by atoms with van der Waals surface area (Å²) < 4.78 is 2.38. The maximum atomic E-state index is 10.7. The summed E-state index contributed by atoms with van der Waals surface area (Å²) in [5, 5.41) is 18.1. The Bertz CT molecular complexity index is 641. The number of rotatable bonds is 6. The molecule has 2 aromatic rings. The number of nitrogens with zero attached hydrogens (tertiary/aromatic N) is 4. The summed E-state index contributed by atoms with van der Waals surface area (Å²) in [7, 11) is 0. The largest absolute Gasteiger partial charge is 0.323 e. The Morgan fingerprint density at radius 2 is 2.29 bits per heavy atom. The molecule has 0 bridgehead atoms. The average molecular weight is 354 g/mol. The van der Waals surface area contributed by atoms with Crippen LogP contribution in [0.25, 0.3) is 0 Å². The van der Waals surface area contributed by atoms with E-state index in [-0.39, 0.29) is 5.69 Å². The lowest BCUT2D eigenvalue weighted by molar-refractivity contribution is -0.385. The topological polar surface area (TPSA) is 85.9 Å². The summed E-state index contributed by atoms with van der Waals surface area (Å²) in [5.41, 5.74) is -0.0603. The molecule has 0 aliphatic rings. The van der Waals surface area contributed by atoms with E-state index in [4.69, 9.17) is 0 Å². The fourth-order valence-corrected chi connectivity index (χ4v) is 2.12. The molecule has 0 unspecified atom stereocenters. The standard InChI is InChI=1S/C13H16BrN5O2/c1-9(2)3-5-18-6-4-12(17-18)16-13-11(14)7-10(8-15-13)19(20)21/h4,6-9H,3,5H2,1-2H3,(H,15,16,17). The maximum Gasteiger partial charge on any atom is 0.288 e. The van der Waals surface area contributed by atoms with Crippen molar-refractivity contribution >= 4 is 33.3 Å². The second-order valence-electron chi connectivity index (χ2n) is 5.05. The molecule has 0 amide bonds. The number of anilines is 2. The highest BCUT2D eigenvalue weighted by molar-refractivity contribution is 9.10. The number of hydrogen-bond donors (Lipinski definition) is 1. The van der Waals surface area contributed by atoms with Crippen LogP contribution in [0.5, 0.6) is 0 Å². The number of nitrogens with one attached hydrogen (secondary N) is 1. The third-order valence-corrected chi connectivity index (χ3v) is 3.46. The van der Waals surface area contributed by atoms with Crippen molar-refractivity contribution in [2.45, 2.75) is 26.8 Å². The molecule has 0 spiro atoms. The lowest BCUT2D eigenvalue weighted by Crippen LogP contribution is -2.03. The first-order valence-electron chi connectivity index (χ1n) is 6.56. The van der Waals surface area contributed by atoms with E-state index in [0.29, 0.717) is 22.0 Å². The zero-order chi connectivity index (χ0) is 15.4. The predicted molar refractivity (Wildman–Crippen MR) is 83.6 cm³/mol. The fourth-order valence-electron chi connectivity index (χ4n) is 1.68. The molecule has 2 heterocycles. The number of halogens is 1. The minimum absolute atomic E-state index is 0.0603. The van der Waals surface area contributed by atoms with Gasteiger partial charge in [-0.3, -0.25) is 14.8 Å². The van der Waals surface area contributed by atoms with Crippen LogP contribution in [0.4, 0.5) is 17.3 Å². The second-order valence-corrected chi connectivity index (χ2v) is 5.91. The van der Waals surface area contributed by atoms with Crippen molar-refractivity contribution in [2.24, 2.45) is 5.92 Å². The molecular weight excluding hydrogens is 338 g/mol. The minimum atomic E-state index is -0.484. The molecule has 0 radical (unpaired) electrons. The second kappa shape index (κ2) is 6.66. The summed E-state index contributed by atoms with van der Waals surface area (Å²) in [5.74, 6) is 1.77. The van der Waals surface area contributed by atoms with Gasteiger partial charge in [-0.15, -0.1) is 0 Å². The van der Waals surface area contributed by atoms with Crippen LogP contribution in [-0.4, -0.2) is 19.7 Å². The number of pyridine rings is 1. The third-order valence-electron chi connectivity index (χ3n) is 2.86. The van der Waals surface area contributed by atoms with Crippen molar-refractivity contribution in [1.82, 2.24) is 14.8 Å². The van der Waals surface area contributed by atoms with Crippen LogP contribution in [0.2, 0.25) is 0 Å². The highest BCUT2D eigenvalue weighted by Gasteiger charge is 2.11. The molecule has 8 heteroatoms. The Balaban J connectivity index is 2.06. The normalized spacial score (nSPS) is 10.9. The van der Waals surface area contributed by atoms with Gasteiger partial charge >= 0.3 is 0 Å². The molecule has 112 valence electrons. The highest BCUT2D eigenvalue weighted by Crippen LogP contribution is 2.26. The van der Waals surface area contributed by atoms with Crippen LogP contribution in [-0.2, 0) is 6.54 Å². The number of aryl methyl sites for hydroxylation is 1. The van der Waals surface area contributed by atoms with Crippen LogP contribution in [0.1, 0.15) is 20.3 Å². The first-order valence-corrected chi connectivity index (χ1v) is 7.35. The van der Waals surface area contributed by atoms with E-state index in [0.717, 1.165) is 13.0 Å². The van der Waals surface area contributed by atoms with E-state index in [1.54, 1.807) is 0 Å². The first kappa shape index (κ1) is 15.4. The molecule has 0 saturated heterocycles. The molecule has 0 atom stereocenters. The molecular formula is C13H16BrN5O2. The lowest BCUT2D eigenvalue weighted by atomic mass is 10.1. The Morgan fingerprint density at radius 1 is 1.52 bits per heavy atom. The highest BCUT2D eigenvalue weighted by atomic mass is 79.9. The number of hydrogen-bond acceptors (Lipinski definition) is 5. The zero-order valence-electron chi connectivity index (χ0n) is 11.8. The number of nitro groups is 1. The van der Waals surface area contributed by atoms with Gasteiger partial charge in [0.2, 0.25) is 0 Å². The molecule has 7 nitrogen and oxygen atoms in total. The third kappa shape index (κ3) is 4.25. The molecule has 2 rings (SSSR count). The van der Waals surface area contributed by atoms with Gasteiger partial charge in [-0.2, -0.15) is 5.10 Å². The Kier molecular flexibility index (Phi) is 4.89. The van der Waals surface area contributed by atoms with E-state index in [1.807, 2.05) is 16.9 Å².